The van der Waals surface area contributed by atoms with Crippen molar-refractivity contribution in [1.29, 1.82) is 0 Å². The van der Waals surface area contributed by atoms with Gasteiger partial charge in [-0.15, -0.1) is 0 Å². The van der Waals surface area contributed by atoms with Gasteiger partial charge in [-0.05, 0) is 40.9 Å². The van der Waals surface area contributed by atoms with Crippen LogP contribution < -0.4 is 4.90 Å². The zero-order valence-electron chi connectivity index (χ0n) is 9.80. The van der Waals surface area contributed by atoms with Gasteiger partial charge in [0.25, 0.3) is 0 Å². The van der Waals surface area contributed by atoms with Crippen LogP contribution in [0.3, 0.4) is 0 Å². The maximum Gasteiger partial charge on any atom is 0.238 e. The van der Waals surface area contributed by atoms with Crippen molar-refractivity contribution >= 4 is 33.6 Å². The number of amides is 2. The highest BCUT2D eigenvalue weighted by Gasteiger charge is 2.49. The van der Waals surface area contributed by atoms with Gasteiger partial charge in [0.05, 0.1) is 11.8 Å². The molecule has 18 heavy (non-hydrogen) atoms. The first-order chi connectivity index (χ1) is 8.68. The van der Waals surface area contributed by atoms with Crippen LogP contribution >= 0.6 is 15.9 Å². The van der Waals surface area contributed by atoms with E-state index >= 15 is 0 Å². The zero-order chi connectivity index (χ0) is 12.7. The maximum absolute atomic E-state index is 12.3. The standard InChI is InChI=1S/C13H13BrN2O2/c14-8-5-6-11(15-7-8)16-12(17)9-3-1-2-4-10(9)13(16)18/h5-7,9-10H,1-4H2. The van der Waals surface area contributed by atoms with Gasteiger partial charge in [0.2, 0.25) is 11.8 Å². The van der Waals surface area contributed by atoms with Crippen LogP contribution in [0, 0.1) is 11.8 Å². The third-order valence-corrected chi connectivity index (χ3v) is 4.25. The van der Waals surface area contributed by atoms with Crippen molar-refractivity contribution in [3.05, 3.63) is 22.8 Å². The van der Waals surface area contributed by atoms with Gasteiger partial charge in [-0.25, -0.2) is 9.88 Å². The number of nitrogens with zero attached hydrogens (tertiary/aromatic N) is 2. The fourth-order valence-electron chi connectivity index (χ4n) is 2.89. The number of rotatable bonds is 1. The summed E-state index contributed by atoms with van der Waals surface area (Å²) in [6.45, 7) is 0. The van der Waals surface area contributed by atoms with Gasteiger partial charge < -0.3 is 0 Å². The smallest absolute Gasteiger partial charge is 0.238 e. The van der Waals surface area contributed by atoms with Crippen molar-refractivity contribution in [1.82, 2.24) is 4.98 Å². The maximum atomic E-state index is 12.3. The van der Waals surface area contributed by atoms with E-state index < -0.39 is 0 Å². The number of hydrogen-bond acceptors (Lipinski definition) is 3. The Morgan fingerprint density at radius 2 is 1.72 bits per heavy atom. The highest BCUT2D eigenvalue weighted by molar-refractivity contribution is 9.10. The van der Waals surface area contributed by atoms with E-state index in [0.717, 1.165) is 30.2 Å². The van der Waals surface area contributed by atoms with Crippen molar-refractivity contribution in [2.24, 2.45) is 11.8 Å². The van der Waals surface area contributed by atoms with Gasteiger partial charge in [-0.2, -0.15) is 0 Å². The van der Waals surface area contributed by atoms with E-state index in [2.05, 4.69) is 20.9 Å². The molecule has 4 nitrogen and oxygen atoms in total. The van der Waals surface area contributed by atoms with Gasteiger partial charge in [-0.3, -0.25) is 9.59 Å². The molecule has 0 N–H and O–H groups in total. The lowest BCUT2D eigenvalue weighted by Gasteiger charge is -2.19. The highest BCUT2D eigenvalue weighted by atomic mass is 79.9. The molecule has 2 atom stereocenters. The third-order valence-electron chi connectivity index (χ3n) is 3.78. The Kier molecular flexibility index (Phi) is 2.93. The molecule has 1 aliphatic carbocycles. The Morgan fingerprint density at radius 1 is 1.11 bits per heavy atom. The summed E-state index contributed by atoms with van der Waals surface area (Å²) in [5.41, 5.74) is 0. The highest BCUT2D eigenvalue weighted by Crippen LogP contribution is 2.39. The molecule has 1 saturated carbocycles. The first-order valence-electron chi connectivity index (χ1n) is 6.18. The molecular weight excluding hydrogens is 296 g/mol. The van der Waals surface area contributed by atoms with Crippen molar-refractivity contribution in [3.63, 3.8) is 0 Å². The summed E-state index contributed by atoms with van der Waals surface area (Å²) in [6, 6.07) is 3.50. The number of carbonyl (C=O) groups is 2. The first-order valence-corrected chi connectivity index (χ1v) is 6.97. The van der Waals surface area contributed by atoms with E-state index in [1.54, 1.807) is 18.3 Å². The monoisotopic (exact) mass is 308 g/mol. The van der Waals surface area contributed by atoms with Crippen molar-refractivity contribution in [3.8, 4) is 0 Å². The lowest BCUT2D eigenvalue weighted by atomic mass is 9.81. The Balaban J connectivity index is 1.95. The molecule has 0 spiro atoms. The number of aromatic nitrogens is 1. The lowest BCUT2D eigenvalue weighted by molar-refractivity contribution is -0.122. The number of hydrogen-bond donors (Lipinski definition) is 0. The molecule has 1 aliphatic heterocycles. The second kappa shape index (κ2) is 4.46. The average Bonchev–Trinajstić information content (AvgIpc) is 2.64. The fourth-order valence-corrected chi connectivity index (χ4v) is 3.12. The molecule has 2 amide bonds. The molecular formula is C13H13BrN2O2. The molecule has 1 saturated heterocycles. The van der Waals surface area contributed by atoms with Gasteiger partial charge in [0.15, 0.2) is 0 Å². The summed E-state index contributed by atoms with van der Waals surface area (Å²) in [7, 11) is 0. The number of halogens is 1. The summed E-state index contributed by atoms with van der Waals surface area (Å²) >= 11 is 3.29. The molecule has 2 unspecified atom stereocenters. The first kappa shape index (κ1) is 11.8. The van der Waals surface area contributed by atoms with Crippen molar-refractivity contribution in [2.45, 2.75) is 25.7 Å². The molecule has 0 bridgehead atoms. The summed E-state index contributed by atoms with van der Waals surface area (Å²) in [5.74, 6) is 0.0787. The lowest BCUT2D eigenvalue weighted by Crippen LogP contribution is -2.31. The van der Waals surface area contributed by atoms with Gasteiger partial charge >= 0.3 is 0 Å². The zero-order valence-corrected chi connectivity index (χ0v) is 11.4. The Morgan fingerprint density at radius 3 is 2.22 bits per heavy atom. The normalized spacial score (nSPS) is 27.5. The molecule has 1 aromatic rings. The van der Waals surface area contributed by atoms with Gasteiger partial charge in [0.1, 0.15) is 5.82 Å². The molecule has 2 fully saturated rings. The number of fused-ring (bicyclic) bond motifs is 1. The van der Waals surface area contributed by atoms with E-state index in [1.165, 1.54) is 4.90 Å². The minimum absolute atomic E-state index is 0.0699. The van der Waals surface area contributed by atoms with Crippen LogP contribution in [0.4, 0.5) is 5.82 Å². The Bertz CT molecular complexity index is 476. The van der Waals surface area contributed by atoms with Crippen molar-refractivity contribution < 1.29 is 9.59 Å². The van der Waals surface area contributed by atoms with Crippen LogP contribution in [0.2, 0.25) is 0 Å². The molecule has 5 heteroatoms. The van der Waals surface area contributed by atoms with E-state index in [-0.39, 0.29) is 23.7 Å². The van der Waals surface area contributed by atoms with E-state index in [4.69, 9.17) is 0 Å². The fraction of sp³-hybridized carbons (Fsp3) is 0.462. The third kappa shape index (κ3) is 1.77. The quantitative estimate of drug-likeness (QED) is 0.749. The van der Waals surface area contributed by atoms with Crippen LogP contribution in [0.1, 0.15) is 25.7 Å². The van der Waals surface area contributed by atoms with Crippen LogP contribution in [0.25, 0.3) is 0 Å². The molecule has 0 radical (unpaired) electrons. The summed E-state index contributed by atoms with van der Waals surface area (Å²) in [6.07, 6.45) is 5.37. The molecule has 2 aliphatic rings. The number of pyridine rings is 1. The van der Waals surface area contributed by atoms with E-state index in [0.29, 0.717) is 5.82 Å². The Hall–Kier alpha value is -1.23. The van der Waals surface area contributed by atoms with Crippen LogP contribution in [-0.4, -0.2) is 16.8 Å². The molecule has 1 aromatic heterocycles. The SMILES string of the molecule is O=C1C2CCCCC2C(=O)N1c1ccc(Br)cn1. The predicted octanol–water partition coefficient (Wildman–Crippen LogP) is 2.52. The second-order valence-corrected chi connectivity index (χ2v) is 5.76. The summed E-state index contributed by atoms with van der Waals surface area (Å²) in [5, 5.41) is 0. The van der Waals surface area contributed by atoms with Crippen molar-refractivity contribution in [2.75, 3.05) is 4.90 Å². The van der Waals surface area contributed by atoms with Crippen LogP contribution in [0.15, 0.2) is 22.8 Å². The second-order valence-electron chi connectivity index (χ2n) is 4.84. The minimum atomic E-state index is -0.114. The molecule has 3 rings (SSSR count). The number of carbonyl (C=O) groups excluding carboxylic acids is 2. The summed E-state index contributed by atoms with van der Waals surface area (Å²) < 4.78 is 0.836. The van der Waals surface area contributed by atoms with Gasteiger partial charge in [0, 0.05) is 10.7 Å². The van der Waals surface area contributed by atoms with E-state index in [9.17, 15) is 9.59 Å². The van der Waals surface area contributed by atoms with E-state index in [1.807, 2.05) is 0 Å². The topological polar surface area (TPSA) is 50.3 Å². The predicted molar refractivity (Wildman–Crippen MR) is 69.9 cm³/mol. The molecule has 2 heterocycles. The van der Waals surface area contributed by atoms with Crippen LogP contribution in [0.5, 0.6) is 0 Å². The average molecular weight is 309 g/mol. The Labute approximate surface area is 114 Å². The number of anilines is 1. The molecule has 0 aromatic carbocycles. The van der Waals surface area contributed by atoms with Crippen LogP contribution in [-0.2, 0) is 9.59 Å². The largest absolute Gasteiger partial charge is 0.274 e. The van der Waals surface area contributed by atoms with Gasteiger partial charge in [-0.1, -0.05) is 12.8 Å². The minimum Gasteiger partial charge on any atom is -0.274 e. The molecule has 94 valence electrons. The number of imide groups is 1. The summed E-state index contributed by atoms with van der Waals surface area (Å²) in [4.78, 5) is 30.0.